The molecule has 0 unspecified atom stereocenters. The third kappa shape index (κ3) is 4.53. The minimum absolute atomic E-state index is 0.231. The summed E-state index contributed by atoms with van der Waals surface area (Å²) in [6.07, 6.45) is 0. The minimum Gasteiger partial charge on any atom is -0.312 e. The molecule has 116 valence electrons. The molecule has 1 heterocycles. The van der Waals surface area contributed by atoms with Crippen LogP contribution in [0.1, 0.15) is 25.6 Å². The second kappa shape index (κ2) is 7.00. The van der Waals surface area contributed by atoms with Crippen LogP contribution in [0, 0.1) is 0 Å². The second-order valence-corrected chi connectivity index (χ2v) is 8.26. The van der Waals surface area contributed by atoms with E-state index in [9.17, 15) is 8.42 Å². The Balaban J connectivity index is 2.82. The van der Waals surface area contributed by atoms with E-state index in [4.69, 9.17) is 0 Å². The number of thiophene rings is 1. The lowest BCUT2D eigenvalue weighted by molar-refractivity contribution is 0.199. The predicted octanol–water partition coefficient (Wildman–Crippen LogP) is 1.48. The van der Waals surface area contributed by atoms with Gasteiger partial charge in [0.25, 0.3) is 0 Å². The molecule has 1 aromatic rings. The van der Waals surface area contributed by atoms with Gasteiger partial charge in [-0.15, -0.1) is 11.3 Å². The zero-order valence-corrected chi connectivity index (χ0v) is 14.5. The summed E-state index contributed by atoms with van der Waals surface area (Å²) in [7, 11) is 0.429. The van der Waals surface area contributed by atoms with E-state index in [1.54, 1.807) is 6.07 Å². The van der Waals surface area contributed by atoms with Crippen LogP contribution in [0.3, 0.4) is 0 Å². The largest absolute Gasteiger partial charge is 0.312 e. The maximum atomic E-state index is 12.4. The predicted molar refractivity (Wildman–Crippen MR) is 84.7 cm³/mol. The quantitative estimate of drug-likeness (QED) is 0.762. The SMILES string of the molecule is CCNCc1sccc1S(=O)(=O)NCC(C)(C)N(C)C. The highest BCUT2D eigenvalue weighted by Gasteiger charge is 2.25. The lowest BCUT2D eigenvalue weighted by Gasteiger charge is -2.32. The first-order chi connectivity index (χ1) is 9.20. The summed E-state index contributed by atoms with van der Waals surface area (Å²) >= 11 is 1.46. The van der Waals surface area contributed by atoms with Crippen molar-refractivity contribution in [2.24, 2.45) is 0 Å². The van der Waals surface area contributed by atoms with Crippen molar-refractivity contribution < 1.29 is 8.42 Å². The highest BCUT2D eigenvalue weighted by molar-refractivity contribution is 7.89. The van der Waals surface area contributed by atoms with Gasteiger partial charge >= 0.3 is 0 Å². The van der Waals surface area contributed by atoms with Crippen molar-refractivity contribution in [2.45, 2.75) is 37.8 Å². The van der Waals surface area contributed by atoms with Gasteiger partial charge in [-0.05, 0) is 45.9 Å². The summed E-state index contributed by atoms with van der Waals surface area (Å²) in [6.45, 7) is 7.78. The van der Waals surface area contributed by atoms with Gasteiger partial charge in [-0.25, -0.2) is 13.1 Å². The molecule has 0 aliphatic rings. The molecule has 0 aliphatic carbocycles. The van der Waals surface area contributed by atoms with Crippen molar-refractivity contribution >= 4 is 21.4 Å². The van der Waals surface area contributed by atoms with Crippen molar-refractivity contribution in [3.63, 3.8) is 0 Å². The number of sulfonamides is 1. The van der Waals surface area contributed by atoms with Crippen LogP contribution in [-0.2, 0) is 16.6 Å². The van der Waals surface area contributed by atoms with Crippen molar-refractivity contribution in [1.82, 2.24) is 14.9 Å². The molecule has 0 aliphatic heterocycles. The van der Waals surface area contributed by atoms with Gasteiger partial charge in [-0.2, -0.15) is 0 Å². The van der Waals surface area contributed by atoms with Gasteiger partial charge in [0.2, 0.25) is 10.0 Å². The van der Waals surface area contributed by atoms with E-state index in [0.717, 1.165) is 11.4 Å². The van der Waals surface area contributed by atoms with Crippen LogP contribution in [0.2, 0.25) is 0 Å². The summed E-state index contributed by atoms with van der Waals surface area (Å²) in [5.74, 6) is 0. The Morgan fingerprint density at radius 3 is 2.55 bits per heavy atom. The van der Waals surface area contributed by atoms with Crippen LogP contribution in [0.4, 0.5) is 0 Å². The molecular formula is C13H25N3O2S2. The molecule has 0 saturated heterocycles. The molecule has 20 heavy (non-hydrogen) atoms. The zero-order chi connectivity index (χ0) is 15.4. The van der Waals surface area contributed by atoms with Crippen LogP contribution in [0.25, 0.3) is 0 Å². The van der Waals surface area contributed by atoms with E-state index in [0.29, 0.717) is 18.0 Å². The Labute approximate surface area is 126 Å². The topological polar surface area (TPSA) is 61.4 Å². The summed E-state index contributed by atoms with van der Waals surface area (Å²) in [4.78, 5) is 3.24. The third-order valence-electron chi connectivity index (χ3n) is 3.44. The summed E-state index contributed by atoms with van der Waals surface area (Å²) < 4.78 is 27.5. The van der Waals surface area contributed by atoms with Crippen LogP contribution >= 0.6 is 11.3 Å². The van der Waals surface area contributed by atoms with Crippen molar-refractivity contribution in [1.29, 1.82) is 0 Å². The number of rotatable bonds is 8. The molecule has 0 bridgehead atoms. The molecule has 0 spiro atoms. The Morgan fingerprint density at radius 1 is 1.35 bits per heavy atom. The van der Waals surface area contributed by atoms with Crippen molar-refractivity contribution in [3.8, 4) is 0 Å². The van der Waals surface area contributed by atoms with Crippen LogP contribution in [-0.4, -0.2) is 46.0 Å². The molecule has 1 aromatic heterocycles. The van der Waals surface area contributed by atoms with Gasteiger partial charge in [-0.3, -0.25) is 0 Å². The number of nitrogens with zero attached hydrogens (tertiary/aromatic N) is 1. The molecule has 7 heteroatoms. The first-order valence-electron chi connectivity index (χ1n) is 6.65. The summed E-state index contributed by atoms with van der Waals surface area (Å²) in [6, 6.07) is 1.67. The molecule has 1 rings (SSSR count). The van der Waals surface area contributed by atoms with Gasteiger partial charge < -0.3 is 10.2 Å². The van der Waals surface area contributed by atoms with E-state index < -0.39 is 10.0 Å². The number of likely N-dealkylation sites (N-methyl/N-ethyl adjacent to an activating group) is 1. The molecule has 5 nitrogen and oxygen atoms in total. The average molecular weight is 319 g/mol. The minimum atomic E-state index is -3.45. The fraction of sp³-hybridized carbons (Fsp3) is 0.692. The lowest BCUT2D eigenvalue weighted by Crippen LogP contribution is -2.48. The van der Waals surface area contributed by atoms with Crippen LogP contribution in [0.15, 0.2) is 16.3 Å². The molecule has 0 radical (unpaired) electrons. The number of hydrogen-bond acceptors (Lipinski definition) is 5. The third-order valence-corrected chi connectivity index (χ3v) is 5.97. The fourth-order valence-corrected chi connectivity index (χ4v) is 4.06. The molecule has 0 atom stereocenters. The fourth-order valence-electron chi connectivity index (χ4n) is 1.44. The summed E-state index contributed by atoms with van der Waals surface area (Å²) in [5.41, 5.74) is -0.231. The first-order valence-corrected chi connectivity index (χ1v) is 9.01. The molecule has 0 aromatic carbocycles. The molecule has 2 N–H and O–H groups in total. The maximum Gasteiger partial charge on any atom is 0.241 e. The summed E-state index contributed by atoms with van der Waals surface area (Å²) in [5, 5.41) is 4.98. The van der Waals surface area contributed by atoms with Crippen molar-refractivity contribution in [3.05, 3.63) is 16.3 Å². The monoisotopic (exact) mass is 319 g/mol. The van der Waals surface area contributed by atoms with Gasteiger partial charge in [0.15, 0.2) is 0 Å². The highest BCUT2D eigenvalue weighted by atomic mass is 32.2. The molecule has 0 saturated carbocycles. The zero-order valence-electron chi connectivity index (χ0n) is 12.9. The average Bonchev–Trinajstić information content (AvgIpc) is 2.83. The van der Waals surface area contributed by atoms with E-state index >= 15 is 0 Å². The highest BCUT2D eigenvalue weighted by Crippen LogP contribution is 2.22. The van der Waals surface area contributed by atoms with E-state index in [2.05, 4.69) is 10.0 Å². The Hall–Kier alpha value is -0.470. The van der Waals surface area contributed by atoms with Gasteiger partial charge in [0.1, 0.15) is 0 Å². The van der Waals surface area contributed by atoms with Crippen molar-refractivity contribution in [2.75, 3.05) is 27.2 Å². The number of hydrogen-bond donors (Lipinski definition) is 2. The smallest absolute Gasteiger partial charge is 0.241 e. The number of nitrogens with one attached hydrogen (secondary N) is 2. The Morgan fingerprint density at radius 2 is 2.00 bits per heavy atom. The Kier molecular flexibility index (Phi) is 6.15. The molecule has 0 amide bonds. The van der Waals surface area contributed by atoms with Gasteiger partial charge in [-0.1, -0.05) is 6.92 Å². The van der Waals surface area contributed by atoms with E-state index in [-0.39, 0.29) is 5.54 Å². The van der Waals surface area contributed by atoms with E-state index in [1.807, 2.05) is 45.1 Å². The molecular weight excluding hydrogens is 294 g/mol. The first kappa shape index (κ1) is 17.6. The maximum absolute atomic E-state index is 12.4. The van der Waals surface area contributed by atoms with E-state index in [1.165, 1.54) is 11.3 Å². The Bertz CT molecular complexity index is 521. The van der Waals surface area contributed by atoms with Crippen LogP contribution in [0.5, 0.6) is 0 Å². The lowest BCUT2D eigenvalue weighted by atomic mass is 10.1. The van der Waals surface area contributed by atoms with Gasteiger partial charge in [0, 0.05) is 23.5 Å². The second-order valence-electron chi connectivity index (χ2n) is 5.52. The van der Waals surface area contributed by atoms with Crippen LogP contribution < -0.4 is 10.0 Å². The standard InChI is InChI=1S/C13H25N3O2S2/c1-6-14-9-11-12(7-8-19-11)20(17,18)15-10-13(2,3)16(4)5/h7-8,14-15H,6,9-10H2,1-5H3. The normalized spacial score (nSPS) is 13.1. The molecule has 0 fully saturated rings. The van der Waals surface area contributed by atoms with Gasteiger partial charge in [0.05, 0.1) is 4.90 Å².